The molecule has 140 valence electrons. The number of aliphatic hydroxyl groups is 1. The number of nitrogens with zero attached hydrogens (tertiary/aromatic N) is 3. The fraction of sp³-hybridized carbons (Fsp3) is 0.368. The van der Waals surface area contributed by atoms with Crippen molar-refractivity contribution in [2.45, 2.75) is 44.8 Å². The normalized spacial score (nSPS) is 20.1. The van der Waals surface area contributed by atoms with E-state index in [2.05, 4.69) is 20.7 Å². The Bertz CT molecular complexity index is 939. The number of carbonyl (C=O) groups is 1. The summed E-state index contributed by atoms with van der Waals surface area (Å²) in [6, 6.07) is 9.48. The Morgan fingerprint density at radius 1 is 1.26 bits per heavy atom. The standard InChI is InChI=1S/C19H20N4O4/c1-10-3-5-12(6-4-10)16-9-15(23-27-16)17(25)20-14-7-13(8-14)19-22-21-18(26-19)11(2)24/h3-6,9,11,13-14,24H,7-8H2,1-2H3,(H,20,25)/t11-,13-,14-/m1/s1. The number of aryl methyl sites for hydroxylation is 1. The Balaban J connectivity index is 1.33. The lowest BCUT2D eigenvalue weighted by atomic mass is 9.80. The van der Waals surface area contributed by atoms with Crippen LogP contribution in [0.1, 0.15) is 59.6 Å². The monoisotopic (exact) mass is 368 g/mol. The Labute approximate surface area is 155 Å². The van der Waals surface area contributed by atoms with Gasteiger partial charge < -0.3 is 19.4 Å². The van der Waals surface area contributed by atoms with Crippen LogP contribution in [0.2, 0.25) is 0 Å². The molecule has 8 nitrogen and oxygen atoms in total. The van der Waals surface area contributed by atoms with Crippen molar-refractivity contribution in [2.75, 3.05) is 0 Å². The van der Waals surface area contributed by atoms with Crippen molar-refractivity contribution in [3.63, 3.8) is 0 Å². The quantitative estimate of drug-likeness (QED) is 0.711. The highest BCUT2D eigenvalue weighted by Gasteiger charge is 2.36. The van der Waals surface area contributed by atoms with Crippen LogP contribution in [0.4, 0.5) is 0 Å². The van der Waals surface area contributed by atoms with E-state index in [0.29, 0.717) is 24.5 Å². The van der Waals surface area contributed by atoms with E-state index in [-0.39, 0.29) is 29.5 Å². The lowest BCUT2D eigenvalue weighted by Gasteiger charge is -2.33. The van der Waals surface area contributed by atoms with Gasteiger partial charge in [-0.05, 0) is 26.7 Å². The number of hydrogen-bond donors (Lipinski definition) is 2. The van der Waals surface area contributed by atoms with Crippen LogP contribution in [0.25, 0.3) is 11.3 Å². The van der Waals surface area contributed by atoms with Crippen molar-refractivity contribution in [3.05, 3.63) is 53.4 Å². The van der Waals surface area contributed by atoms with Crippen LogP contribution in [-0.2, 0) is 0 Å². The van der Waals surface area contributed by atoms with Crippen molar-refractivity contribution >= 4 is 5.91 Å². The van der Waals surface area contributed by atoms with Gasteiger partial charge in [-0.2, -0.15) is 0 Å². The van der Waals surface area contributed by atoms with E-state index < -0.39 is 6.10 Å². The molecule has 2 heterocycles. The van der Waals surface area contributed by atoms with E-state index >= 15 is 0 Å². The molecule has 0 unspecified atom stereocenters. The zero-order chi connectivity index (χ0) is 19.0. The summed E-state index contributed by atoms with van der Waals surface area (Å²) in [7, 11) is 0. The van der Waals surface area contributed by atoms with E-state index in [0.717, 1.165) is 11.1 Å². The number of amides is 1. The van der Waals surface area contributed by atoms with Crippen LogP contribution < -0.4 is 5.32 Å². The Morgan fingerprint density at radius 2 is 2.00 bits per heavy atom. The number of carbonyl (C=O) groups excluding carboxylic acids is 1. The van der Waals surface area contributed by atoms with Crippen LogP contribution in [-0.4, -0.2) is 32.4 Å². The molecule has 1 aliphatic rings. The van der Waals surface area contributed by atoms with Gasteiger partial charge in [-0.3, -0.25) is 4.79 Å². The predicted molar refractivity (Wildman–Crippen MR) is 94.8 cm³/mol. The second kappa shape index (κ2) is 6.96. The van der Waals surface area contributed by atoms with Gasteiger partial charge in [0, 0.05) is 23.6 Å². The second-order valence-electron chi connectivity index (χ2n) is 6.94. The summed E-state index contributed by atoms with van der Waals surface area (Å²) < 4.78 is 10.7. The third-order valence-electron chi connectivity index (χ3n) is 4.72. The highest BCUT2D eigenvalue weighted by Crippen LogP contribution is 2.36. The van der Waals surface area contributed by atoms with Gasteiger partial charge in [0.1, 0.15) is 6.10 Å². The molecule has 4 rings (SSSR count). The fourth-order valence-electron chi connectivity index (χ4n) is 3.01. The number of aliphatic hydroxyl groups excluding tert-OH is 1. The van der Waals surface area contributed by atoms with Crippen LogP contribution >= 0.6 is 0 Å². The maximum absolute atomic E-state index is 12.4. The van der Waals surface area contributed by atoms with E-state index in [1.54, 1.807) is 13.0 Å². The molecule has 1 aromatic carbocycles. The Morgan fingerprint density at radius 3 is 2.67 bits per heavy atom. The van der Waals surface area contributed by atoms with Crippen LogP contribution in [0.5, 0.6) is 0 Å². The topological polar surface area (TPSA) is 114 Å². The van der Waals surface area contributed by atoms with Gasteiger partial charge in [-0.15, -0.1) is 10.2 Å². The molecule has 1 amide bonds. The third-order valence-corrected chi connectivity index (χ3v) is 4.72. The average Bonchev–Trinajstić information content (AvgIpc) is 3.28. The van der Waals surface area contributed by atoms with Gasteiger partial charge in [0.2, 0.25) is 11.8 Å². The van der Waals surface area contributed by atoms with Gasteiger partial charge in [0.05, 0.1) is 0 Å². The minimum atomic E-state index is -0.781. The number of aromatic nitrogens is 3. The van der Waals surface area contributed by atoms with Crippen LogP contribution in [0.15, 0.2) is 39.3 Å². The molecule has 0 bridgehead atoms. The summed E-state index contributed by atoms with van der Waals surface area (Å²) in [6.07, 6.45) is 0.628. The Kier molecular flexibility index (Phi) is 4.49. The molecule has 0 aliphatic heterocycles. The first-order chi connectivity index (χ1) is 13.0. The van der Waals surface area contributed by atoms with Gasteiger partial charge in [-0.1, -0.05) is 35.0 Å². The summed E-state index contributed by atoms with van der Waals surface area (Å²) in [4.78, 5) is 12.4. The average molecular weight is 368 g/mol. The highest BCUT2D eigenvalue weighted by molar-refractivity contribution is 5.93. The molecule has 1 saturated carbocycles. The van der Waals surface area contributed by atoms with E-state index in [9.17, 15) is 9.90 Å². The molecule has 3 aromatic rings. The molecule has 0 radical (unpaired) electrons. The lowest BCUT2D eigenvalue weighted by Crippen LogP contribution is -2.43. The number of benzene rings is 1. The fourth-order valence-corrected chi connectivity index (χ4v) is 3.01. The van der Waals surface area contributed by atoms with Crippen molar-refractivity contribution in [3.8, 4) is 11.3 Å². The molecule has 2 aromatic heterocycles. The summed E-state index contributed by atoms with van der Waals surface area (Å²) in [6.45, 7) is 3.58. The van der Waals surface area contributed by atoms with Crippen molar-refractivity contribution in [1.82, 2.24) is 20.7 Å². The summed E-state index contributed by atoms with van der Waals surface area (Å²) in [5, 5.41) is 24.0. The van der Waals surface area contributed by atoms with E-state index in [1.807, 2.05) is 31.2 Å². The van der Waals surface area contributed by atoms with Gasteiger partial charge in [0.15, 0.2) is 11.5 Å². The minimum Gasteiger partial charge on any atom is -0.422 e. The first-order valence-electron chi connectivity index (χ1n) is 8.85. The number of nitrogens with one attached hydrogen (secondary N) is 1. The molecule has 1 atom stereocenters. The van der Waals surface area contributed by atoms with Gasteiger partial charge >= 0.3 is 0 Å². The zero-order valence-corrected chi connectivity index (χ0v) is 15.0. The minimum absolute atomic E-state index is 0.0175. The highest BCUT2D eigenvalue weighted by atomic mass is 16.5. The molecule has 0 spiro atoms. The molecule has 8 heteroatoms. The summed E-state index contributed by atoms with van der Waals surface area (Å²) in [5.74, 6) is 1.10. The summed E-state index contributed by atoms with van der Waals surface area (Å²) >= 11 is 0. The van der Waals surface area contributed by atoms with Crippen LogP contribution in [0.3, 0.4) is 0 Å². The van der Waals surface area contributed by atoms with E-state index in [1.165, 1.54) is 0 Å². The van der Waals surface area contributed by atoms with Gasteiger partial charge in [-0.25, -0.2) is 0 Å². The van der Waals surface area contributed by atoms with Gasteiger partial charge in [0.25, 0.3) is 5.91 Å². The van der Waals surface area contributed by atoms with E-state index in [4.69, 9.17) is 8.94 Å². The van der Waals surface area contributed by atoms with Crippen LogP contribution in [0, 0.1) is 6.92 Å². The zero-order valence-electron chi connectivity index (χ0n) is 15.0. The Hall–Kier alpha value is -3.00. The van der Waals surface area contributed by atoms with Crippen molar-refractivity contribution in [1.29, 1.82) is 0 Å². The lowest BCUT2D eigenvalue weighted by molar-refractivity contribution is 0.0892. The van der Waals surface area contributed by atoms with Crippen molar-refractivity contribution < 1.29 is 18.8 Å². The largest absolute Gasteiger partial charge is 0.422 e. The first-order valence-corrected chi connectivity index (χ1v) is 8.85. The maximum atomic E-state index is 12.4. The number of hydrogen-bond acceptors (Lipinski definition) is 7. The molecule has 1 aliphatic carbocycles. The second-order valence-corrected chi connectivity index (χ2v) is 6.94. The SMILES string of the molecule is Cc1ccc(-c2cc(C(=O)N[C@H]3C[C@H](c4nnc([C@@H](C)O)o4)C3)no2)cc1. The van der Waals surface area contributed by atoms with Crippen molar-refractivity contribution in [2.24, 2.45) is 0 Å². The predicted octanol–water partition coefficient (Wildman–Crippen LogP) is 2.76. The third kappa shape index (κ3) is 3.61. The molecular weight excluding hydrogens is 348 g/mol. The number of rotatable bonds is 5. The summed E-state index contributed by atoms with van der Waals surface area (Å²) in [5.41, 5.74) is 2.28. The first kappa shape index (κ1) is 17.4. The molecular formula is C19H20N4O4. The molecule has 27 heavy (non-hydrogen) atoms. The molecule has 2 N–H and O–H groups in total. The maximum Gasteiger partial charge on any atom is 0.273 e. The smallest absolute Gasteiger partial charge is 0.273 e. The molecule has 1 fully saturated rings. The molecule has 0 saturated heterocycles.